The van der Waals surface area contributed by atoms with E-state index in [-0.39, 0.29) is 49.0 Å². The number of nitrogen functional groups attached to an aromatic ring is 2. The summed E-state index contributed by atoms with van der Waals surface area (Å²) in [5.74, 6) is -2.20. The number of halogens is 1. The second kappa shape index (κ2) is 54.1. The summed E-state index contributed by atoms with van der Waals surface area (Å²) in [5.41, 5.74) is 26.2. The zero-order valence-electron chi connectivity index (χ0n) is 81.4. The third kappa shape index (κ3) is 35.7. The maximum atomic E-state index is 13.2. The zero-order valence-corrected chi connectivity index (χ0v) is 83.0. The number of ketones is 2. The molecule has 5 aliphatic rings. The Morgan fingerprint density at radius 1 is 0.370 bits per heavy atom. The van der Waals surface area contributed by atoms with Gasteiger partial charge in [-0.2, -0.15) is 0 Å². The summed E-state index contributed by atoms with van der Waals surface area (Å²) in [6.07, 6.45) is 18.1. The molecule has 8 aromatic heterocycles. The first-order valence-corrected chi connectivity index (χ1v) is 46.1. The number of carboxylic acid groups (broad SMARTS) is 1. The van der Waals surface area contributed by atoms with Crippen LogP contribution < -0.4 is 71.0 Å². The van der Waals surface area contributed by atoms with Crippen LogP contribution in [0.15, 0.2) is 224 Å². The van der Waals surface area contributed by atoms with E-state index in [2.05, 4.69) is 161 Å². The number of hydrogen-bond acceptors (Lipinski definition) is 32. The largest absolute Gasteiger partial charge is 1.00 e. The van der Waals surface area contributed by atoms with Crippen molar-refractivity contribution in [2.45, 2.75) is 65.6 Å². The van der Waals surface area contributed by atoms with Gasteiger partial charge in [-0.25, -0.2) is 29.1 Å². The van der Waals surface area contributed by atoms with Crippen LogP contribution in [0.3, 0.4) is 0 Å². The molecule has 36 heteroatoms. The first kappa shape index (κ1) is 108. The van der Waals surface area contributed by atoms with Crippen molar-refractivity contribution in [3.63, 3.8) is 0 Å². The van der Waals surface area contributed by atoms with Gasteiger partial charge in [0.05, 0.1) is 84.8 Å². The van der Waals surface area contributed by atoms with Gasteiger partial charge in [0.1, 0.15) is 34.0 Å². The van der Waals surface area contributed by atoms with Gasteiger partial charge in [0.15, 0.2) is 11.6 Å². The Morgan fingerprint density at radius 2 is 0.681 bits per heavy atom. The van der Waals surface area contributed by atoms with Crippen molar-refractivity contribution in [2.24, 2.45) is 0 Å². The van der Waals surface area contributed by atoms with Crippen LogP contribution in [0.5, 0.6) is 0 Å². The van der Waals surface area contributed by atoms with Crippen LogP contribution in [0.2, 0.25) is 0 Å². The number of amides is 2. The van der Waals surface area contributed by atoms with E-state index in [1.54, 1.807) is 131 Å². The average Bonchev–Trinajstić information content (AvgIpc) is 0.800. The number of nitrogens with one attached hydrogen (secondary N) is 3. The van der Waals surface area contributed by atoms with E-state index >= 15 is 0 Å². The van der Waals surface area contributed by atoms with Crippen molar-refractivity contribution >= 4 is 103 Å². The number of nitrogens with two attached hydrogens (primary N) is 2. The number of aromatic carboxylic acids is 1. The van der Waals surface area contributed by atoms with Crippen LogP contribution in [-0.2, 0) is 31.8 Å². The van der Waals surface area contributed by atoms with Gasteiger partial charge < -0.3 is 89.7 Å². The van der Waals surface area contributed by atoms with Crippen LogP contribution in [-0.4, -0.2) is 298 Å². The molecule has 0 aliphatic carbocycles. The fourth-order valence-corrected chi connectivity index (χ4v) is 14.7. The van der Waals surface area contributed by atoms with Gasteiger partial charge in [0.2, 0.25) is 0 Å². The summed E-state index contributed by atoms with van der Waals surface area (Å²) >= 11 is 3.20. The number of piperazine rings is 5. The van der Waals surface area contributed by atoms with Crippen LogP contribution in [0, 0.1) is 0 Å². The van der Waals surface area contributed by atoms with Crippen molar-refractivity contribution in [3.8, 4) is 33.4 Å². The van der Waals surface area contributed by atoms with Gasteiger partial charge >= 0.3 is 43.0 Å². The Bertz CT molecular complexity index is 5670. The number of nitrogens with zero attached hydrogens (tertiary/aromatic N) is 17. The smallest absolute Gasteiger partial charge is 0.543 e. The molecule has 11 aromatic rings. The number of rotatable bonds is 18. The summed E-state index contributed by atoms with van der Waals surface area (Å²) in [6.45, 7) is 31.5. The number of hydrogen-bond donors (Lipinski definition) is 5. The summed E-state index contributed by atoms with van der Waals surface area (Å²) in [6, 6.07) is 46.1. The molecule has 13 heterocycles. The molecule has 34 nitrogen and oxygen atoms in total. The predicted molar refractivity (Wildman–Crippen MR) is 539 cm³/mol. The van der Waals surface area contributed by atoms with E-state index in [0.717, 1.165) is 184 Å². The first-order valence-electron chi connectivity index (χ1n) is 45.3. The van der Waals surface area contributed by atoms with Crippen molar-refractivity contribution in [2.75, 3.05) is 222 Å². The van der Waals surface area contributed by atoms with E-state index in [1.165, 1.54) is 33.4 Å². The fourth-order valence-electron chi connectivity index (χ4n) is 14.4. The number of ether oxygens (including phenoxy) is 4. The van der Waals surface area contributed by atoms with Gasteiger partial charge in [0.25, 0.3) is 0 Å². The van der Waals surface area contributed by atoms with Gasteiger partial charge in [-0.3, -0.25) is 50.1 Å². The maximum absolute atomic E-state index is 13.2. The topological polar surface area (TPSA) is 400 Å². The predicted octanol–water partition coefficient (Wildman–Crippen LogP) is 9.22. The van der Waals surface area contributed by atoms with E-state index in [9.17, 15) is 38.7 Å². The molecule has 138 heavy (non-hydrogen) atoms. The van der Waals surface area contributed by atoms with Crippen molar-refractivity contribution in [1.82, 2.24) is 69.7 Å². The molecular weight excluding hydrogens is 1810 g/mol. The van der Waals surface area contributed by atoms with Gasteiger partial charge in [-0.15, -0.1) is 0 Å². The SMILES string of the molecule is CC(C)(C)OC(=O)Nc1ccc(-c2ccncc2)cc1N.CN1CCN(c2ccc(C(=O)Cc3cc(-c4ccncc4)ccc3N)nc2)CC1.CN1CCN(c2ccc(C(=O)Cc3cc(-c4ccncc4)ccc3NC(=O)OC(C)(C)C)nc2)CC1.CN1CCN(c2ccc(C(=O)[O-])nc2)CC1.CN1CCNCC1.COC(=O)c1ccc(Br)cn1.COC(=O)c1ccc(N2CCN(C)CC2)cn1.[Li+]. The molecule has 16 rings (SSSR count). The number of pyridine rings is 8. The number of carbonyl (C=O) groups is 7. The second-order valence-electron chi connectivity index (χ2n) is 35.2. The maximum Gasteiger partial charge on any atom is 1.00 e. The van der Waals surface area contributed by atoms with E-state index in [1.807, 2.05) is 124 Å². The fraction of sp³-hybridized carbons (Fsp3) is 0.363. The Hall–Kier alpha value is -13.2. The van der Waals surface area contributed by atoms with Crippen molar-refractivity contribution in [3.05, 3.63) is 264 Å². The second-order valence-corrected chi connectivity index (χ2v) is 36.1. The number of likely N-dealkylation sites (N-methyl/N-ethyl adjacent to an activating group) is 5. The quantitative estimate of drug-likeness (QED) is 0.0175. The molecule has 3 aromatic carbocycles. The molecule has 5 fully saturated rings. The third-order valence-corrected chi connectivity index (χ3v) is 22.9. The molecule has 5 saturated heterocycles. The number of carbonyl (C=O) groups excluding carboxylic acids is 7. The molecule has 0 saturated carbocycles. The Kier molecular flexibility index (Phi) is 42.5. The Balaban J connectivity index is 0.000000189. The molecule has 7 N–H and O–H groups in total. The number of benzene rings is 3. The minimum Gasteiger partial charge on any atom is -0.543 e. The van der Waals surface area contributed by atoms with E-state index < -0.39 is 41.3 Å². The van der Waals surface area contributed by atoms with E-state index in [4.69, 9.17) is 20.9 Å². The normalized spacial score (nSPS) is 14.7. The van der Waals surface area contributed by atoms with Crippen molar-refractivity contribution < 1.29 is 76.5 Å². The molecule has 0 atom stereocenters. The minimum absolute atomic E-state index is 0. The molecule has 0 bridgehead atoms. The third-order valence-electron chi connectivity index (χ3n) is 22.4. The molecule has 2 amide bonds. The number of carboxylic acids is 1. The van der Waals surface area contributed by atoms with Gasteiger partial charge in [-0.05, 0) is 271 Å². The van der Waals surface area contributed by atoms with Crippen LogP contribution >= 0.6 is 15.9 Å². The first-order chi connectivity index (χ1) is 65.6. The summed E-state index contributed by atoms with van der Waals surface area (Å²) in [5, 5.41) is 19.3. The average molecular weight is 1940 g/mol. The molecule has 0 spiro atoms. The number of Topliss-reactive ketones (excluding diaryl/α,β-unsaturated/α-hetero) is 2. The van der Waals surface area contributed by atoms with Gasteiger partial charge in [-0.1, -0.05) is 18.2 Å². The van der Waals surface area contributed by atoms with Crippen LogP contribution in [0.25, 0.3) is 33.4 Å². The van der Waals surface area contributed by atoms with Gasteiger partial charge in [0, 0.05) is 203 Å². The number of methoxy groups -OCH3 is 2. The molecule has 5 aliphatic heterocycles. The summed E-state index contributed by atoms with van der Waals surface area (Å²) in [4.78, 5) is 136. The van der Waals surface area contributed by atoms with Crippen LogP contribution in [0.4, 0.5) is 55.1 Å². The molecule has 0 unspecified atom stereocenters. The number of anilines is 8. The molecule has 724 valence electrons. The zero-order chi connectivity index (χ0) is 98.6. The summed E-state index contributed by atoms with van der Waals surface area (Å²) in [7, 11) is 13.3. The monoisotopic (exact) mass is 1940 g/mol. The molecule has 0 radical (unpaired) electrons. The standard InChI is InChI=1S/C28H33N5O3.C23H25N5O.C16H19N3O2.C12H17N3O2.C11H15N3O2.C7H6BrNO2.C5H12N2.Li/c1-28(2,3)36-27(35)31-24-7-5-21(20-9-11-29-12-10-20)17-22(24)18-26(34)25-8-6-23(19-30-25)33-15-13-32(4)14-16-33;1-27-10-12-28(13-11-27)20-3-5-22(26-16-20)23(29)15-19-14-18(2-4-21(19)24)17-6-8-25-9-7-17;1-16(2,3)21-15(20)19-14-5-4-12(10-13(14)17)11-6-8-18-9-7-11;1-14-5-7-15(8-6-14)10-3-4-11(13-9-10)12(16)17-2;1-13-4-6-14(7-5-13)9-2-3-10(11(15)16)12-8-9;1-11-7(10)6-3-2-5(8)4-9-6;1-7-4-2-6-3-5-7;/h5-12,17,19H,13-16,18H2,1-4H3,(H,31,35);2-9,14,16H,10-13,15,24H2,1H3;4-10H,17H2,1-3H3,(H,19,20);3-4,9H,5-8H2,1-2H3;2-3,8H,4-7H2,1H3,(H,15,16);2-4H,1H3;6H,2-5H2,1H3;/q;;;;;;;+1/p-1. The Morgan fingerprint density at radius 3 is 1.00 bits per heavy atom. The Labute approximate surface area is 829 Å². The minimum atomic E-state index is -1.23. The number of esters is 2. The van der Waals surface area contributed by atoms with Crippen molar-refractivity contribution in [1.29, 1.82) is 0 Å². The number of aromatic nitrogens is 8. The molecular formula is C102H126BrLiN22O12. The van der Waals surface area contributed by atoms with E-state index in [0.29, 0.717) is 51.1 Å². The summed E-state index contributed by atoms with van der Waals surface area (Å²) < 4.78 is 20.5. The van der Waals surface area contributed by atoms with Crippen LogP contribution in [0.1, 0.15) is 105 Å².